The van der Waals surface area contributed by atoms with Gasteiger partial charge in [-0.25, -0.2) is 17.9 Å². The standard InChI is InChI=1S/C25H26N2O4S/c1-18-14-16-22(17-15-18)32(29,30)27-19(2)23(25(28)31-3)26-24(20-10-6-4-7-11-20)21-12-8-5-9-13-21/h4-17,19,23,27H,1-3H3/t19-,23+/m0/s1. The molecule has 3 aromatic carbocycles. The van der Waals surface area contributed by atoms with Gasteiger partial charge in [-0.05, 0) is 26.0 Å². The first-order chi connectivity index (χ1) is 15.3. The van der Waals surface area contributed by atoms with Gasteiger partial charge in [-0.3, -0.25) is 4.99 Å². The summed E-state index contributed by atoms with van der Waals surface area (Å²) in [7, 11) is -2.59. The lowest BCUT2D eigenvalue weighted by atomic mass is 10.0. The summed E-state index contributed by atoms with van der Waals surface area (Å²) in [5.41, 5.74) is 3.13. The molecule has 32 heavy (non-hydrogen) atoms. The fraction of sp³-hybridized carbons (Fsp3) is 0.200. The molecule has 0 spiro atoms. The number of ether oxygens (including phenoxy) is 1. The molecule has 0 heterocycles. The topological polar surface area (TPSA) is 84.8 Å². The minimum absolute atomic E-state index is 0.119. The summed E-state index contributed by atoms with van der Waals surface area (Å²) in [5, 5.41) is 0. The van der Waals surface area contributed by atoms with Crippen molar-refractivity contribution in [3.63, 3.8) is 0 Å². The highest BCUT2D eigenvalue weighted by molar-refractivity contribution is 7.89. The van der Waals surface area contributed by atoms with E-state index in [0.29, 0.717) is 5.71 Å². The van der Waals surface area contributed by atoms with Crippen molar-refractivity contribution in [2.45, 2.75) is 30.8 Å². The van der Waals surface area contributed by atoms with Gasteiger partial charge in [-0.1, -0.05) is 78.4 Å². The first-order valence-corrected chi connectivity index (χ1v) is 11.7. The Morgan fingerprint density at radius 3 is 1.84 bits per heavy atom. The average molecular weight is 451 g/mol. The maximum absolute atomic E-state index is 12.9. The van der Waals surface area contributed by atoms with Crippen molar-refractivity contribution in [3.05, 3.63) is 102 Å². The van der Waals surface area contributed by atoms with Crippen molar-refractivity contribution in [2.24, 2.45) is 4.99 Å². The smallest absolute Gasteiger partial charge is 0.332 e. The molecule has 0 unspecified atom stereocenters. The molecule has 3 aromatic rings. The lowest BCUT2D eigenvalue weighted by Gasteiger charge is -2.21. The number of nitrogens with zero attached hydrogens (tertiary/aromatic N) is 1. The van der Waals surface area contributed by atoms with E-state index in [1.165, 1.54) is 19.2 Å². The van der Waals surface area contributed by atoms with Gasteiger partial charge in [0.1, 0.15) is 0 Å². The van der Waals surface area contributed by atoms with E-state index < -0.39 is 28.1 Å². The van der Waals surface area contributed by atoms with Gasteiger partial charge in [0.05, 0.1) is 23.8 Å². The molecule has 0 fully saturated rings. The maximum Gasteiger partial charge on any atom is 0.332 e. The molecular formula is C25H26N2O4S. The molecule has 0 aliphatic rings. The number of carbonyl (C=O) groups is 1. The van der Waals surface area contributed by atoms with Gasteiger partial charge in [-0.15, -0.1) is 0 Å². The molecule has 0 aliphatic heterocycles. The number of esters is 1. The Labute approximate surface area is 189 Å². The minimum atomic E-state index is -3.86. The highest BCUT2D eigenvalue weighted by Gasteiger charge is 2.30. The molecule has 1 N–H and O–H groups in total. The number of nitrogens with one attached hydrogen (secondary N) is 1. The molecule has 0 amide bonds. The Hall–Kier alpha value is -3.29. The van der Waals surface area contributed by atoms with Crippen molar-refractivity contribution in [2.75, 3.05) is 7.11 Å². The van der Waals surface area contributed by atoms with E-state index in [2.05, 4.69) is 4.72 Å². The summed E-state index contributed by atoms with van der Waals surface area (Å²) in [5.74, 6) is -0.631. The number of aryl methyl sites for hydroxylation is 1. The number of methoxy groups -OCH3 is 1. The zero-order valence-electron chi connectivity index (χ0n) is 18.2. The SMILES string of the molecule is COC(=O)[C@H](N=C(c1ccccc1)c1ccccc1)[C@H](C)NS(=O)(=O)c1ccc(C)cc1. The largest absolute Gasteiger partial charge is 0.467 e. The van der Waals surface area contributed by atoms with Gasteiger partial charge in [0.2, 0.25) is 10.0 Å². The van der Waals surface area contributed by atoms with Gasteiger partial charge in [0.25, 0.3) is 0 Å². The van der Waals surface area contributed by atoms with Crippen LogP contribution in [0.5, 0.6) is 0 Å². The first-order valence-electron chi connectivity index (χ1n) is 10.2. The number of sulfonamides is 1. The molecular weight excluding hydrogens is 424 g/mol. The van der Waals surface area contributed by atoms with Crippen molar-refractivity contribution in [1.29, 1.82) is 0 Å². The molecule has 0 saturated carbocycles. The summed E-state index contributed by atoms with van der Waals surface area (Å²) in [4.78, 5) is 17.5. The van der Waals surface area contributed by atoms with Crippen LogP contribution in [0.3, 0.4) is 0 Å². The molecule has 0 radical (unpaired) electrons. The fourth-order valence-electron chi connectivity index (χ4n) is 3.23. The van der Waals surface area contributed by atoms with Gasteiger partial charge < -0.3 is 4.74 Å². The summed E-state index contributed by atoms with van der Waals surface area (Å²) < 4.78 is 33.3. The van der Waals surface area contributed by atoms with Crippen LogP contribution in [0.2, 0.25) is 0 Å². The number of benzene rings is 3. The Morgan fingerprint density at radius 2 is 1.38 bits per heavy atom. The van der Waals surface area contributed by atoms with E-state index in [1.807, 2.05) is 67.6 Å². The summed E-state index contributed by atoms with van der Waals surface area (Å²) in [6, 6.07) is 23.4. The maximum atomic E-state index is 12.9. The minimum Gasteiger partial charge on any atom is -0.467 e. The van der Waals surface area contributed by atoms with Crippen LogP contribution in [-0.4, -0.2) is 39.3 Å². The molecule has 0 bridgehead atoms. The number of aliphatic imine (C=N–C) groups is 1. The molecule has 7 heteroatoms. The Kier molecular flexibility index (Phi) is 7.56. The van der Waals surface area contributed by atoms with Crippen LogP contribution >= 0.6 is 0 Å². The van der Waals surface area contributed by atoms with Crippen molar-refractivity contribution < 1.29 is 17.9 Å². The molecule has 6 nitrogen and oxygen atoms in total. The van der Waals surface area contributed by atoms with Crippen LogP contribution in [0.15, 0.2) is 94.8 Å². The second kappa shape index (κ2) is 10.3. The monoisotopic (exact) mass is 450 g/mol. The predicted molar refractivity (Wildman–Crippen MR) is 125 cm³/mol. The Balaban J connectivity index is 2.01. The van der Waals surface area contributed by atoms with Gasteiger partial charge >= 0.3 is 5.97 Å². The van der Waals surface area contributed by atoms with E-state index in [1.54, 1.807) is 19.1 Å². The summed E-state index contributed by atoms with van der Waals surface area (Å²) in [6.07, 6.45) is 0. The Bertz CT molecular complexity index is 1130. The summed E-state index contributed by atoms with van der Waals surface area (Å²) >= 11 is 0. The van der Waals surface area contributed by atoms with Crippen LogP contribution in [0.1, 0.15) is 23.6 Å². The van der Waals surface area contributed by atoms with Crippen molar-refractivity contribution in [3.8, 4) is 0 Å². The number of hydrogen-bond acceptors (Lipinski definition) is 5. The van der Waals surface area contributed by atoms with Crippen molar-refractivity contribution >= 4 is 21.7 Å². The van der Waals surface area contributed by atoms with E-state index >= 15 is 0 Å². The Morgan fingerprint density at radius 1 is 0.875 bits per heavy atom. The zero-order valence-corrected chi connectivity index (χ0v) is 19.0. The highest BCUT2D eigenvalue weighted by Crippen LogP contribution is 2.16. The van der Waals surface area contributed by atoms with Crippen molar-refractivity contribution in [1.82, 2.24) is 4.72 Å². The quantitative estimate of drug-likeness (QED) is 0.419. The third-order valence-electron chi connectivity index (χ3n) is 4.95. The fourth-order valence-corrected chi connectivity index (χ4v) is 4.48. The normalized spacial score (nSPS) is 13.1. The molecule has 166 valence electrons. The number of carbonyl (C=O) groups excluding carboxylic acids is 1. The van der Waals surface area contributed by atoms with E-state index in [9.17, 15) is 13.2 Å². The number of rotatable bonds is 8. The van der Waals surface area contributed by atoms with Crippen LogP contribution < -0.4 is 4.72 Å². The molecule has 2 atom stereocenters. The average Bonchev–Trinajstić information content (AvgIpc) is 2.80. The van der Waals surface area contributed by atoms with Gasteiger partial charge in [0.15, 0.2) is 6.04 Å². The second-order valence-electron chi connectivity index (χ2n) is 7.40. The second-order valence-corrected chi connectivity index (χ2v) is 9.11. The molecule has 0 aromatic heterocycles. The summed E-state index contributed by atoms with van der Waals surface area (Å²) in [6.45, 7) is 3.48. The number of hydrogen-bond donors (Lipinski definition) is 1. The van der Waals surface area contributed by atoms with Crippen LogP contribution in [-0.2, 0) is 19.6 Å². The van der Waals surface area contributed by atoms with E-state index in [-0.39, 0.29) is 4.90 Å². The molecule has 3 rings (SSSR count). The van der Waals surface area contributed by atoms with Crippen LogP contribution in [0, 0.1) is 6.92 Å². The van der Waals surface area contributed by atoms with Gasteiger partial charge in [0, 0.05) is 11.1 Å². The lowest BCUT2D eigenvalue weighted by Crippen LogP contribution is -2.45. The molecule has 0 aliphatic carbocycles. The van der Waals surface area contributed by atoms with Crippen LogP contribution in [0.4, 0.5) is 0 Å². The first kappa shape index (κ1) is 23.4. The lowest BCUT2D eigenvalue weighted by molar-refractivity contribution is -0.142. The highest BCUT2D eigenvalue weighted by atomic mass is 32.2. The zero-order chi connectivity index (χ0) is 23.1. The predicted octanol–water partition coefficient (Wildman–Crippen LogP) is 3.74. The van der Waals surface area contributed by atoms with Gasteiger partial charge in [-0.2, -0.15) is 0 Å². The third kappa shape index (κ3) is 5.69. The van der Waals surface area contributed by atoms with Crippen LogP contribution in [0.25, 0.3) is 0 Å². The van der Waals surface area contributed by atoms with E-state index in [0.717, 1.165) is 16.7 Å². The third-order valence-corrected chi connectivity index (χ3v) is 6.53. The van der Waals surface area contributed by atoms with E-state index in [4.69, 9.17) is 9.73 Å². The molecule has 0 saturated heterocycles.